The third-order valence-electron chi connectivity index (χ3n) is 1.23. The van der Waals surface area contributed by atoms with Crippen LogP contribution in [-0.4, -0.2) is 16.1 Å². The van der Waals surface area contributed by atoms with Crippen LogP contribution in [0.3, 0.4) is 0 Å². The van der Waals surface area contributed by atoms with Crippen LogP contribution in [0.1, 0.15) is 5.56 Å². The number of nitrogens with zero attached hydrogens (tertiary/aromatic N) is 1. The molecule has 1 aromatic heterocycles. The zero-order valence-corrected chi connectivity index (χ0v) is 6.68. The summed E-state index contributed by atoms with van der Waals surface area (Å²) in [7, 11) is 0. The van der Waals surface area contributed by atoms with E-state index in [1.807, 2.05) is 0 Å². The molecule has 0 radical (unpaired) electrons. The van der Waals surface area contributed by atoms with Crippen LogP contribution >= 0.6 is 11.6 Å². The molecule has 0 atom stereocenters. The van der Waals surface area contributed by atoms with Crippen LogP contribution in [-0.2, 0) is 11.2 Å². The minimum atomic E-state index is -1.02. The van der Waals surface area contributed by atoms with E-state index in [0.29, 0.717) is 5.56 Å². The van der Waals surface area contributed by atoms with Crippen LogP contribution < -0.4 is 0 Å². The predicted molar refractivity (Wildman–Crippen MR) is 40.5 cm³/mol. The maximum absolute atomic E-state index is 12.3. The fraction of sp³-hybridized carbons (Fsp3) is 0.143. The number of rotatable bonds is 2. The molecule has 0 aliphatic carbocycles. The number of carboxylic acids is 1. The lowest BCUT2D eigenvalue weighted by molar-refractivity contribution is -0.136. The third-order valence-corrected chi connectivity index (χ3v) is 1.56. The van der Waals surface area contributed by atoms with Crippen molar-refractivity contribution in [2.45, 2.75) is 6.42 Å². The number of aliphatic carboxylic acids is 1. The van der Waals surface area contributed by atoms with Crippen LogP contribution in [0.5, 0.6) is 0 Å². The largest absolute Gasteiger partial charge is 0.481 e. The Hall–Kier alpha value is -1.16. The molecule has 1 aromatic rings. The molecule has 1 rings (SSSR count). The van der Waals surface area contributed by atoms with Gasteiger partial charge in [0.05, 0.1) is 6.42 Å². The molecule has 0 fully saturated rings. The van der Waals surface area contributed by atoms with Crippen LogP contribution in [0.15, 0.2) is 12.1 Å². The number of aromatic nitrogens is 1. The fourth-order valence-corrected chi connectivity index (χ4v) is 0.946. The topological polar surface area (TPSA) is 50.2 Å². The van der Waals surface area contributed by atoms with Crippen molar-refractivity contribution < 1.29 is 14.3 Å². The predicted octanol–water partition coefficient (Wildman–Crippen LogP) is 1.50. The molecule has 5 heteroatoms. The molecular weight excluding hydrogens is 185 g/mol. The highest BCUT2D eigenvalue weighted by molar-refractivity contribution is 6.30. The molecule has 1 N–H and O–H groups in total. The van der Waals surface area contributed by atoms with Crippen molar-refractivity contribution >= 4 is 17.6 Å². The van der Waals surface area contributed by atoms with Gasteiger partial charge in [0.25, 0.3) is 0 Å². The van der Waals surface area contributed by atoms with E-state index >= 15 is 0 Å². The van der Waals surface area contributed by atoms with Crippen molar-refractivity contribution in [3.63, 3.8) is 0 Å². The standard InChI is InChI=1S/C7H5ClFNO2/c8-7-4(3-6(11)12)1-2-5(9)10-7/h1-2H,3H2,(H,11,12). The molecule has 64 valence electrons. The fourth-order valence-electron chi connectivity index (χ4n) is 0.736. The zero-order valence-electron chi connectivity index (χ0n) is 5.92. The Morgan fingerprint density at radius 1 is 1.67 bits per heavy atom. The molecule has 0 aromatic carbocycles. The summed E-state index contributed by atoms with van der Waals surface area (Å²) in [6.07, 6.45) is -0.244. The second-order valence-corrected chi connectivity index (χ2v) is 2.51. The minimum absolute atomic E-state index is 0.0996. The van der Waals surface area contributed by atoms with Gasteiger partial charge in [-0.15, -0.1) is 0 Å². The van der Waals surface area contributed by atoms with Crippen LogP contribution in [0.4, 0.5) is 4.39 Å². The van der Waals surface area contributed by atoms with E-state index in [-0.39, 0.29) is 11.6 Å². The van der Waals surface area contributed by atoms with Gasteiger partial charge in [-0.25, -0.2) is 4.98 Å². The number of carboxylic acid groups (broad SMARTS) is 1. The van der Waals surface area contributed by atoms with E-state index in [4.69, 9.17) is 16.7 Å². The van der Waals surface area contributed by atoms with Crippen LogP contribution in [0.25, 0.3) is 0 Å². The molecule has 0 spiro atoms. The quantitative estimate of drug-likeness (QED) is 0.718. The first kappa shape index (κ1) is 8.93. The maximum Gasteiger partial charge on any atom is 0.307 e. The molecule has 3 nitrogen and oxygen atoms in total. The van der Waals surface area contributed by atoms with Gasteiger partial charge in [-0.2, -0.15) is 4.39 Å². The number of hydrogen-bond acceptors (Lipinski definition) is 2. The molecule has 0 saturated carbocycles. The number of carbonyl (C=O) groups is 1. The third kappa shape index (κ3) is 2.17. The number of halogens is 2. The monoisotopic (exact) mass is 189 g/mol. The first-order valence-corrected chi connectivity index (χ1v) is 3.50. The van der Waals surface area contributed by atoms with E-state index in [2.05, 4.69) is 4.98 Å². The average Bonchev–Trinajstić information content (AvgIpc) is 1.94. The number of pyridine rings is 1. The summed E-state index contributed by atoms with van der Waals surface area (Å²) in [6, 6.07) is 2.38. The molecule has 0 unspecified atom stereocenters. The Kier molecular flexibility index (Phi) is 2.60. The Labute approximate surface area is 72.8 Å². The summed E-state index contributed by atoms with van der Waals surface area (Å²) in [5.41, 5.74) is 0.311. The van der Waals surface area contributed by atoms with E-state index in [0.717, 1.165) is 6.07 Å². The average molecular weight is 190 g/mol. The van der Waals surface area contributed by atoms with Crippen molar-refractivity contribution in [2.75, 3.05) is 0 Å². The second-order valence-electron chi connectivity index (χ2n) is 2.15. The SMILES string of the molecule is O=C(O)Cc1ccc(F)nc1Cl. The minimum Gasteiger partial charge on any atom is -0.481 e. The summed E-state index contributed by atoms with van der Waals surface area (Å²) in [5.74, 6) is -1.74. The summed E-state index contributed by atoms with van der Waals surface area (Å²) >= 11 is 5.46. The second kappa shape index (κ2) is 3.49. The first-order valence-electron chi connectivity index (χ1n) is 3.12. The summed E-state index contributed by atoms with van der Waals surface area (Å²) in [6.45, 7) is 0. The Balaban J connectivity index is 2.93. The molecule has 0 aliphatic rings. The summed E-state index contributed by atoms with van der Waals surface area (Å²) in [5, 5.41) is 8.28. The van der Waals surface area contributed by atoms with Gasteiger partial charge in [-0.05, 0) is 6.07 Å². The zero-order chi connectivity index (χ0) is 9.14. The molecule has 1 heterocycles. The van der Waals surface area contributed by atoms with E-state index in [1.54, 1.807) is 0 Å². The van der Waals surface area contributed by atoms with Crippen LogP contribution in [0, 0.1) is 5.95 Å². The first-order chi connectivity index (χ1) is 5.59. The van der Waals surface area contributed by atoms with Gasteiger partial charge >= 0.3 is 5.97 Å². The van der Waals surface area contributed by atoms with Crippen molar-refractivity contribution in [3.8, 4) is 0 Å². The highest BCUT2D eigenvalue weighted by Gasteiger charge is 2.06. The van der Waals surface area contributed by atoms with Crippen LogP contribution in [0.2, 0.25) is 5.15 Å². The van der Waals surface area contributed by atoms with Crippen molar-refractivity contribution in [1.29, 1.82) is 0 Å². The molecule has 0 saturated heterocycles. The Morgan fingerprint density at radius 2 is 2.33 bits per heavy atom. The molecular formula is C7H5ClFNO2. The molecule has 0 bridgehead atoms. The summed E-state index contributed by atoms with van der Waals surface area (Å²) in [4.78, 5) is 13.5. The van der Waals surface area contributed by atoms with Crippen molar-refractivity contribution in [3.05, 3.63) is 28.8 Å². The number of hydrogen-bond donors (Lipinski definition) is 1. The van der Waals surface area contributed by atoms with Gasteiger partial charge in [0.2, 0.25) is 5.95 Å². The van der Waals surface area contributed by atoms with Gasteiger partial charge in [0.15, 0.2) is 0 Å². The lowest BCUT2D eigenvalue weighted by atomic mass is 10.2. The highest BCUT2D eigenvalue weighted by Crippen LogP contribution is 2.13. The van der Waals surface area contributed by atoms with Crippen molar-refractivity contribution in [2.24, 2.45) is 0 Å². The Morgan fingerprint density at radius 3 is 2.83 bits per heavy atom. The maximum atomic E-state index is 12.3. The Bertz CT molecular complexity index is 316. The molecule has 0 aliphatic heterocycles. The lowest BCUT2D eigenvalue weighted by Gasteiger charge is -1.98. The summed E-state index contributed by atoms with van der Waals surface area (Å²) < 4.78 is 12.3. The van der Waals surface area contributed by atoms with Gasteiger partial charge < -0.3 is 5.11 Å². The molecule has 12 heavy (non-hydrogen) atoms. The molecule has 0 amide bonds. The van der Waals surface area contributed by atoms with Crippen molar-refractivity contribution in [1.82, 2.24) is 4.98 Å². The van der Waals surface area contributed by atoms with E-state index < -0.39 is 11.9 Å². The smallest absolute Gasteiger partial charge is 0.307 e. The van der Waals surface area contributed by atoms with E-state index in [9.17, 15) is 9.18 Å². The van der Waals surface area contributed by atoms with Gasteiger partial charge in [-0.1, -0.05) is 17.7 Å². The highest BCUT2D eigenvalue weighted by atomic mass is 35.5. The van der Waals surface area contributed by atoms with E-state index in [1.165, 1.54) is 6.07 Å². The van der Waals surface area contributed by atoms with Gasteiger partial charge in [0, 0.05) is 5.56 Å². The normalized spacial score (nSPS) is 9.83. The lowest BCUT2D eigenvalue weighted by Crippen LogP contribution is -2.02. The van der Waals surface area contributed by atoms with Gasteiger partial charge in [-0.3, -0.25) is 4.79 Å². The van der Waals surface area contributed by atoms with Gasteiger partial charge in [0.1, 0.15) is 5.15 Å².